The molecule has 1 heterocycles. The van der Waals surface area contributed by atoms with Crippen molar-refractivity contribution >= 4 is 28.3 Å². The van der Waals surface area contributed by atoms with Gasteiger partial charge in [0.15, 0.2) is 0 Å². The van der Waals surface area contributed by atoms with E-state index in [-0.39, 0.29) is 11.8 Å². The first kappa shape index (κ1) is 13.9. The fourth-order valence-electron chi connectivity index (χ4n) is 2.50. The van der Waals surface area contributed by atoms with Crippen LogP contribution in [0, 0.1) is 17.8 Å². The molecule has 2 N–H and O–H groups in total. The van der Waals surface area contributed by atoms with Crippen LogP contribution in [0.2, 0.25) is 0 Å². The molecule has 0 bridgehead atoms. The van der Waals surface area contributed by atoms with E-state index < -0.39 is 17.8 Å². The number of anilines is 1. The maximum Gasteiger partial charge on any atom is 0.307 e. The van der Waals surface area contributed by atoms with E-state index in [0.717, 1.165) is 11.4 Å². The van der Waals surface area contributed by atoms with Crippen LogP contribution in [0.4, 0.5) is 5.13 Å². The molecule has 104 valence electrons. The molecule has 1 amide bonds. The summed E-state index contributed by atoms with van der Waals surface area (Å²) >= 11 is 1.33. The van der Waals surface area contributed by atoms with Gasteiger partial charge in [0.2, 0.25) is 11.0 Å². The second-order valence-corrected chi connectivity index (χ2v) is 6.03. The molecule has 6 nitrogen and oxygen atoms in total. The fraction of sp³-hybridized carbons (Fsp3) is 0.667. The zero-order valence-electron chi connectivity index (χ0n) is 10.9. The number of rotatable bonds is 4. The number of amides is 1. The average Bonchev–Trinajstić information content (AvgIpc) is 2.95. The molecule has 0 spiro atoms. The highest BCUT2D eigenvalue weighted by molar-refractivity contribution is 7.15. The summed E-state index contributed by atoms with van der Waals surface area (Å²) in [5.74, 6) is -1.95. The topological polar surface area (TPSA) is 92.2 Å². The third-order valence-corrected chi connectivity index (χ3v) is 4.43. The van der Waals surface area contributed by atoms with E-state index >= 15 is 0 Å². The van der Waals surface area contributed by atoms with Gasteiger partial charge >= 0.3 is 5.97 Å². The highest BCUT2D eigenvalue weighted by Crippen LogP contribution is 2.37. The molecule has 1 saturated carbocycles. The first-order valence-corrected chi connectivity index (χ1v) is 7.19. The Labute approximate surface area is 115 Å². The normalized spacial score (nSPS) is 26.3. The summed E-state index contributed by atoms with van der Waals surface area (Å²) in [7, 11) is 0. The van der Waals surface area contributed by atoms with E-state index in [1.807, 2.05) is 13.8 Å². The van der Waals surface area contributed by atoms with E-state index in [0.29, 0.717) is 18.0 Å². The summed E-state index contributed by atoms with van der Waals surface area (Å²) in [4.78, 5) is 23.3. The number of carbonyl (C=O) groups excluding carboxylic acids is 1. The van der Waals surface area contributed by atoms with Crippen LogP contribution < -0.4 is 5.32 Å². The molecule has 3 atom stereocenters. The smallest absolute Gasteiger partial charge is 0.307 e. The minimum Gasteiger partial charge on any atom is -0.481 e. The van der Waals surface area contributed by atoms with Crippen molar-refractivity contribution < 1.29 is 14.7 Å². The third-order valence-electron chi connectivity index (χ3n) is 3.45. The second-order valence-electron chi connectivity index (χ2n) is 4.97. The van der Waals surface area contributed by atoms with Gasteiger partial charge in [0.05, 0.1) is 11.8 Å². The number of nitrogens with zero attached hydrogens (tertiary/aromatic N) is 2. The molecule has 1 unspecified atom stereocenters. The Morgan fingerprint density at radius 1 is 1.37 bits per heavy atom. The van der Waals surface area contributed by atoms with Crippen LogP contribution in [0.25, 0.3) is 0 Å². The zero-order valence-corrected chi connectivity index (χ0v) is 11.7. The summed E-state index contributed by atoms with van der Waals surface area (Å²) in [6.45, 7) is 3.94. The van der Waals surface area contributed by atoms with Gasteiger partial charge in [-0.15, -0.1) is 10.2 Å². The zero-order chi connectivity index (χ0) is 14.0. The Balaban J connectivity index is 2.04. The lowest BCUT2D eigenvalue weighted by molar-refractivity contribution is -0.145. The molecule has 1 fully saturated rings. The number of hydrogen-bond donors (Lipinski definition) is 2. The van der Waals surface area contributed by atoms with Crippen LogP contribution in [0.15, 0.2) is 0 Å². The highest BCUT2D eigenvalue weighted by Gasteiger charge is 2.41. The van der Waals surface area contributed by atoms with Gasteiger partial charge in [0.25, 0.3) is 0 Å². The molecule has 1 aliphatic carbocycles. The quantitative estimate of drug-likeness (QED) is 0.878. The van der Waals surface area contributed by atoms with E-state index in [1.54, 1.807) is 0 Å². The Bertz CT molecular complexity index is 488. The minimum atomic E-state index is -0.893. The first-order valence-electron chi connectivity index (χ1n) is 6.37. The molecule has 2 rings (SSSR count). The number of aryl methyl sites for hydroxylation is 1. The van der Waals surface area contributed by atoms with Crippen molar-refractivity contribution in [1.82, 2.24) is 10.2 Å². The highest BCUT2D eigenvalue weighted by atomic mass is 32.1. The van der Waals surface area contributed by atoms with Crippen molar-refractivity contribution in [3.63, 3.8) is 0 Å². The lowest BCUT2D eigenvalue weighted by Crippen LogP contribution is -2.29. The predicted octanol–water partition coefficient (Wildman–Crippen LogP) is 1.79. The maximum atomic E-state index is 12.1. The van der Waals surface area contributed by atoms with Crippen LogP contribution in [-0.4, -0.2) is 27.2 Å². The lowest BCUT2D eigenvalue weighted by atomic mass is 9.95. The molecule has 0 radical (unpaired) electrons. The summed E-state index contributed by atoms with van der Waals surface area (Å²) in [5, 5.41) is 20.9. The van der Waals surface area contributed by atoms with Crippen LogP contribution in [0.1, 0.15) is 31.7 Å². The third kappa shape index (κ3) is 3.09. The van der Waals surface area contributed by atoms with Gasteiger partial charge in [-0.25, -0.2) is 0 Å². The van der Waals surface area contributed by atoms with Gasteiger partial charge in [-0.2, -0.15) is 0 Å². The number of hydrogen-bond acceptors (Lipinski definition) is 5. The van der Waals surface area contributed by atoms with Crippen molar-refractivity contribution in [3.8, 4) is 0 Å². The molecule has 0 saturated heterocycles. The molecule has 1 aliphatic rings. The van der Waals surface area contributed by atoms with Gasteiger partial charge in [0.1, 0.15) is 5.01 Å². The fourth-order valence-corrected chi connectivity index (χ4v) is 3.18. The SMILES string of the molecule is CCc1nnc(NC(=O)[C@H]2CC(C)C[C@H]2C(=O)O)s1. The van der Waals surface area contributed by atoms with Crippen LogP contribution >= 0.6 is 11.3 Å². The first-order chi connectivity index (χ1) is 9.01. The van der Waals surface area contributed by atoms with Gasteiger partial charge in [-0.3, -0.25) is 9.59 Å². The standard InChI is InChI=1S/C12H17N3O3S/c1-3-9-14-15-12(19-9)13-10(16)7-4-6(2)5-8(7)11(17)18/h6-8H,3-5H2,1-2H3,(H,17,18)(H,13,15,16)/t6?,7-,8+/m0/s1. The molecule has 1 aromatic heterocycles. The van der Waals surface area contributed by atoms with Crippen molar-refractivity contribution in [2.45, 2.75) is 33.1 Å². The summed E-state index contributed by atoms with van der Waals surface area (Å²) in [6.07, 6.45) is 1.94. The van der Waals surface area contributed by atoms with Gasteiger partial charge in [0, 0.05) is 0 Å². The molecule has 0 aliphatic heterocycles. The monoisotopic (exact) mass is 283 g/mol. The number of aliphatic carboxylic acids is 1. The molecule has 0 aromatic carbocycles. The van der Waals surface area contributed by atoms with Gasteiger partial charge in [-0.1, -0.05) is 25.2 Å². The Morgan fingerprint density at radius 2 is 2.05 bits per heavy atom. The average molecular weight is 283 g/mol. The van der Waals surface area contributed by atoms with Crippen molar-refractivity contribution in [1.29, 1.82) is 0 Å². The van der Waals surface area contributed by atoms with Crippen molar-refractivity contribution in [2.24, 2.45) is 17.8 Å². The Kier molecular flexibility index (Phi) is 4.14. The number of carbonyl (C=O) groups is 2. The van der Waals surface area contributed by atoms with Crippen LogP contribution in [-0.2, 0) is 16.0 Å². The van der Waals surface area contributed by atoms with Gasteiger partial charge < -0.3 is 10.4 Å². The van der Waals surface area contributed by atoms with Crippen molar-refractivity contribution in [3.05, 3.63) is 5.01 Å². The summed E-state index contributed by atoms with van der Waals surface area (Å²) in [5.41, 5.74) is 0. The van der Waals surface area contributed by atoms with Crippen molar-refractivity contribution in [2.75, 3.05) is 5.32 Å². The number of carboxylic acids is 1. The van der Waals surface area contributed by atoms with E-state index in [2.05, 4.69) is 15.5 Å². The molecule has 19 heavy (non-hydrogen) atoms. The van der Waals surface area contributed by atoms with Gasteiger partial charge in [-0.05, 0) is 25.2 Å². The number of nitrogens with one attached hydrogen (secondary N) is 1. The van der Waals surface area contributed by atoms with E-state index in [9.17, 15) is 9.59 Å². The predicted molar refractivity (Wildman–Crippen MR) is 70.9 cm³/mol. The molecular weight excluding hydrogens is 266 g/mol. The Hall–Kier alpha value is -1.50. The maximum absolute atomic E-state index is 12.1. The number of carboxylic acid groups (broad SMARTS) is 1. The number of aromatic nitrogens is 2. The molecule has 1 aromatic rings. The largest absolute Gasteiger partial charge is 0.481 e. The molecular formula is C12H17N3O3S. The van der Waals surface area contributed by atoms with E-state index in [4.69, 9.17) is 5.11 Å². The second kappa shape index (κ2) is 5.64. The lowest BCUT2D eigenvalue weighted by Gasteiger charge is -2.13. The summed E-state index contributed by atoms with van der Waals surface area (Å²) in [6, 6.07) is 0. The minimum absolute atomic E-state index is 0.254. The van der Waals surface area contributed by atoms with Crippen LogP contribution in [0.5, 0.6) is 0 Å². The van der Waals surface area contributed by atoms with Crippen LogP contribution in [0.3, 0.4) is 0 Å². The summed E-state index contributed by atoms with van der Waals surface area (Å²) < 4.78 is 0. The molecule has 7 heteroatoms. The Morgan fingerprint density at radius 3 is 2.63 bits per heavy atom. The van der Waals surface area contributed by atoms with E-state index in [1.165, 1.54) is 11.3 Å².